The van der Waals surface area contributed by atoms with Crippen molar-refractivity contribution < 1.29 is 19.2 Å². The second-order valence-corrected chi connectivity index (χ2v) is 8.93. The second kappa shape index (κ2) is 9.52. The number of hydroxylamine groups is 2. The van der Waals surface area contributed by atoms with Crippen molar-refractivity contribution in [3.05, 3.63) is 71.8 Å². The topological polar surface area (TPSA) is 59.1 Å². The van der Waals surface area contributed by atoms with E-state index in [0.29, 0.717) is 32.5 Å². The van der Waals surface area contributed by atoms with Crippen LogP contribution in [0.5, 0.6) is 0 Å². The third kappa shape index (κ3) is 5.44. The predicted octanol–water partition coefficient (Wildman–Crippen LogP) is 4.55. The molecule has 166 valence electrons. The smallest absolute Gasteiger partial charge is 0.410 e. The lowest BCUT2D eigenvalue weighted by molar-refractivity contribution is -0.187. The zero-order valence-corrected chi connectivity index (χ0v) is 18.8. The van der Waals surface area contributed by atoms with Crippen LogP contribution in [0.2, 0.25) is 0 Å². The van der Waals surface area contributed by atoms with Crippen LogP contribution >= 0.6 is 0 Å². The van der Waals surface area contributed by atoms with E-state index in [0.717, 1.165) is 11.1 Å². The summed E-state index contributed by atoms with van der Waals surface area (Å²) in [4.78, 5) is 33.6. The minimum absolute atomic E-state index is 0.0890. The summed E-state index contributed by atoms with van der Waals surface area (Å²) < 4.78 is 5.53. The SMILES string of the molecule is CON(Cc1ccccc1)C(=O)C1(c2ccccc2)CCN(C(=O)OC(C)(C)C)CC1. The Morgan fingerprint density at radius 1 is 0.968 bits per heavy atom. The zero-order chi connectivity index (χ0) is 22.5. The van der Waals surface area contributed by atoms with Gasteiger partial charge in [-0.05, 0) is 44.7 Å². The van der Waals surface area contributed by atoms with Gasteiger partial charge in [0.05, 0.1) is 19.1 Å². The highest BCUT2D eigenvalue weighted by Gasteiger charge is 2.46. The number of likely N-dealkylation sites (tertiary alicyclic amines) is 1. The molecular formula is C25H32N2O4. The van der Waals surface area contributed by atoms with Gasteiger partial charge < -0.3 is 9.64 Å². The molecule has 3 rings (SSSR count). The molecule has 0 aliphatic carbocycles. The van der Waals surface area contributed by atoms with Gasteiger partial charge in [0.2, 0.25) is 0 Å². The number of hydrogen-bond acceptors (Lipinski definition) is 4. The Bertz CT molecular complexity index is 869. The Labute approximate surface area is 184 Å². The van der Waals surface area contributed by atoms with E-state index in [4.69, 9.17) is 9.57 Å². The van der Waals surface area contributed by atoms with E-state index in [9.17, 15) is 9.59 Å². The fourth-order valence-corrected chi connectivity index (χ4v) is 3.99. The van der Waals surface area contributed by atoms with Crippen LogP contribution in [0.25, 0.3) is 0 Å². The molecule has 1 aliphatic heterocycles. The van der Waals surface area contributed by atoms with E-state index in [-0.39, 0.29) is 12.0 Å². The second-order valence-electron chi connectivity index (χ2n) is 8.93. The summed E-state index contributed by atoms with van der Waals surface area (Å²) in [5.74, 6) is -0.0890. The van der Waals surface area contributed by atoms with Crippen molar-refractivity contribution in [3.63, 3.8) is 0 Å². The summed E-state index contributed by atoms with van der Waals surface area (Å²) in [6.07, 6.45) is 0.669. The molecule has 2 aromatic carbocycles. The van der Waals surface area contributed by atoms with E-state index in [2.05, 4.69) is 0 Å². The molecule has 0 bridgehead atoms. The molecule has 6 heteroatoms. The highest BCUT2D eigenvalue weighted by molar-refractivity contribution is 5.88. The monoisotopic (exact) mass is 424 g/mol. The van der Waals surface area contributed by atoms with Crippen LogP contribution in [0.1, 0.15) is 44.7 Å². The standard InChI is InChI=1S/C25H32N2O4/c1-24(2,3)31-23(29)26-17-15-25(16-18-26,21-13-9-6-10-14-21)22(28)27(30-4)19-20-11-7-5-8-12-20/h5-14H,15-19H2,1-4H3. The zero-order valence-electron chi connectivity index (χ0n) is 18.8. The van der Waals surface area contributed by atoms with Gasteiger partial charge in [-0.25, -0.2) is 9.86 Å². The van der Waals surface area contributed by atoms with Gasteiger partial charge in [-0.1, -0.05) is 60.7 Å². The van der Waals surface area contributed by atoms with E-state index in [1.54, 1.807) is 4.90 Å². The third-order valence-corrected chi connectivity index (χ3v) is 5.62. The van der Waals surface area contributed by atoms with Gasteiger partial charge in [0.15, 0.2) is 0 Å². The lowest BCUT2D eigenvalue weighted by Gasteiger charge is -2.43. The number of piperidine rings is 1. The fraction of sp³-hybridized carbons (Fsp3) is 0.440. The molecule has 0 radical (unpaired) electrons. The Morgan fingerprint density at radius 3 is 2.03 bits per heavy atom. The Morgan fingerprint density at radius 2 is 1.52 bits per heavy atom. The number of hydrogen-bond donors (Lipinski definition) is 0. The van der Waals surface area contributed by atoms with Gasteiger partial charge >= 0.3 is 6.09 Å². The van der Waals surface area contributed by atoms with Crippen molar-refractivity contribution in [1.29, 1.82) is 0 Å². The predicted molar refractivity (Wildman–Crippen MR) is 119 cm³/mol. The normalized spacial score (nSPS) is 15.9. The maximum absolute atomic E-state index is 13.8. The summed E-state index contributed by atoms with van der Waals surface area (Å²) in [7, 11) is 1.52. The van der Waals surface area contributed by atoms with Crippen LogP contribution in [-0.4, -0.2) is 47.8 Å². The maximum atomic E-state index is 13.8. The van der Waals surface area contributed by atoms with Gasteiger partial charge in [-0.15, -0.1) is 0 Å². The first-order valence-corrected chi connectivity index (χ1v) is 10.7. The van der Waals surface area contributed by atoms with E-state index >= 15 is 0 Å². The summed E-state index contributed by atoms with van der Waals surface area (Å²) in [5, 5.41) is 1.44. The first-order valence-electron chi connectivity index (χ1n) is 10.7. The van der Waals surface area contributed by atoms with Gasteiger partial charge in [-0.2, -0.15) is 0 Å². The number of nitrogens with zero attached hydrogens (tertiary/aromatic N) is 2. The number of carbonyl (C=O) groups is 2. The van der Waals surface area contributed by atoms with Crippen LogP contribution in [0.15, 0.2) is 60.7 Å². The van der Waals surface area contributed by atoms with Gasteiger partial charge in [0.1, 0.15) is 5.60 Å². The molecule has 1 heterocycles. The molecule has 1 saturated heterocycles. The quantitative estimate of drug-likeness (QED) is 0.661. The van der Waals surface area contributed by atoms with Gasteiger partial charge in [-0.3, -0.25) is 9.63 Å². The fourth-order valence-electron chi connectivity index (χ4n) is 3.99. The minimum atomic E-state index is -0.759. The Hall–Kier alpha value is -2.86. The molecular weight excluding hydrogens is 392 g/mol. The average molecular weight is 425 g/mol. The first-order chi connectivity index (χ1) is 14.7. The van der Waals surface area contributed by atoms with Crippen LogP contribution in [0.4, 0.5) is 4.79 Å². The first kappa shape index (κ1) is 22.8. The van der Waals surface area contributed by atoms with Crippen molar-refractivity contribution in [3.8, 4) is 0 Å². The number of rotatable bonds is 5. The number of benzene rings is 2. The maximum Gasteiger partial charge on any atom is 0.410 e. The molecule has 1 aliphatic rings. The molecule has 2 amide bonds. The number of amides is 2. The van der Waals surface area contributed by atoms with Crippen molar-refractivity contribution >= 4 is 12.0 Å². The van der Waals surface area contributed by atoms with Crippen LogP contribution in [0.3, 0.4) is 0 Å². The summed E-state index contributed by atoms with van der Waals surface area (Å²) >= 11 is 0. The molecule has 31 heavy (non-hydrogen) atoms. The largest absolute Gasteiger partial charge is 0.444 e. The van der Waals surface area contributed by atoms with Crippen molar-refractivity contribution in [2.24, 2.45) is 0 Å². The highest BCUT2D eigenvalue weighted by atomic mass is 16.7. The van der Waals surface area contributed by atoms with Gasteiger partial charge in [0, 0.05) is 13.1 Å². The molecule has 0 spiro atoms. The minimum Gasteiger partial charge on any atom is -0.444 e. The van der Waals surface area contributed by atoms with E-state index in [1.807, 2.05) is 81.4 Å². The Balaban J connectivity index is 1.84. The van der Waals surface area contributed by atoms with Gasteiger partial charge in [0.25, 0.3) is 5.91 Å². The van der Waals surface area contributed by atoms with E-state index in [1.165, 1.54) is 12.2 Å². The number of ether oxygens (including phenoxy) is 1. The highest BCUT2D eigenvalue weighted by Crippen LogP contribution is 2.38. The van der Waals surface area contributed by atoms with Crippen LogP contribution < -0.4 is 0 Å². The summed E-state index contributed by atoms with van der Waals surface area (Å²) in [6.45, 7) is 6.81. The molecule has 0 saturated carbocycles. The van der Waals surface area contributed by atoms with E-state index < -0.39 is 11.0 Å². The summed E-state index contributed by atoms with van der Waals surface area (Å²) in [5.41, 5.74) is 0.625. The number of carbonyl (C=O) groups excluding carboxylic acids is 2. The molecule has 0 N–H and O–H groups in total. The Kier molecular flexibility index (Phi) is 7.01. The van der Waals surface area contributed by atoms with Crippen molar-refractivity contribution in [1.82, 2.24) is 9.96 Å². The molecule has 6 nitrogen and oxygen atoms in total. The van der Waals surface area contributed by atoms with Crippen LogP contribution in [0, 0.1) is 0 Å². The molecule has 0 aromatic heterocycles. The molecule has 1 fully saturated rings. The molecule has 2 aromatic rings. The van der Waals surface area contributed by atoms with Crippen molar-refractivity contribution in [2.75, 3.05) is 20.2 Å². The van der Waals surface area contributed by atoms with Crippen LogP contribution in [-0.2, 0) is 26.3 Å². The molecule has 0 unspecified atom stereocenters. The van der Waals surface area contributed by atoms with Crippen molar-refractivity contribution in [2.45, 2.75) is 51.2 Å². The summed E-state index contributed by atoms with van der Waals surface area (Å²) in [6, 6.07) is 19.6. The third-order valence-electron chi connectivity index (χ3n) is 5.62. The lowest BCUT2D eigenvalue weighted by Crippen LogP contribution is -2.54. The average Bonchev–Trinajstić information content (AvgIpc) is 2.77. The lowest BCUT2D eigenvalue weighted by atomic mass is 9.72. The molecule has 0 atom stereocenters.